The molecule has 1 aromatic carbocycles. The standard InChI is InChI=1S/C14H17FN4O/c1-8(9-6-16-7-9)13(20)18-14-17-12-10(15)4-3-5-11(12)19(14)2/h3-5,8-9,16H,6-7H2,1-2H3,(H,17,18,20). The van der Waals surface area contributed by atoms with Gasteiger partial charge >= 0.3 is 0 Å². The topological polar surface area (TPSA) is 59.0 Å². The summed E-state index contributed by atoms with van der Waals surface area (Å²) in [6.45, 7) is 3.64. The van der Waals surface area contributed by atoms with Crippen LogP contribution in [0, 0.1) is 17.7 Å². The maximum absolute atomic E-state index is 13.7. The molecule has 0 saturated carbocycles. The van der Waals surface area contributed by atoms with E-state index in [2.05, 4.69) is 15.6 Å². The van der Waals surface area contributed by atoms with Gasteiger partial charge in [0.25, 0.3) is 0 Å². The number of para-hydroxylation sites is 1. The van der Waals surface area contributed by atoms with Gasteiger partial charge in [-0.05, 0) is 31.1 Å². The van der Waals surface area contributed by atoms with Gasteiger partial charge in [-0.3, -0.25) is 10.1 Å². The number of hydrogen-bond donors (Lipinski definition) is 2. The van der Waals surface area contributed by atoms with Crippen LogP contribution in [0.5, 0.6) is 0 Å². The summed E-state index contributed by atoms with van der Waals surface area (Å²) in [5.74, 6) is 0.210. The first-order valence-electron chi connectivity index (χ1n) is 6.70. The SMILES string of the molecule is CC(C(=O)Nc1nc2c(F)cccc2n1C)C1CNC1. The van der Waals surface area contributed by atoms with Crippen molar-refractivity contribution in [1.29, 1.82) is 0 Å². The number of fused-ring (bicyclic) bond motifs is 1. The van der Waals surface area contributed by atoms with Gasteiger partial charge in [0.05, 0.1) is 5.52 Å². The zero-order valence-electron chi connectivity index (χ0n) is 11.5. The summed E-state index contributed by atoms with van der Waals surface area (Å²) < 4.78 is 15.4. The molecule has 5 nitrogen and oxygen atoms in total. The number of aromatic nitrogens is 2. The molecule has 3 rings (SSSR count). The fraction of sp³-hybridized carbons (Fsp3) is 0.429. The van der Waals surface area contributed by atoms with Crippen LogP contribution in [-0.4, -0.2) is 28.5 Å². The fourth-order valence-electron chi connectivity index (χ4n) is 2.39. The van der Waals surface area contributed by atoms with Gasteiger partial charge in [0.1, 0.15) is 5.52 Å². The average molecular weight is 276 g/mol. The van der Waals surface area contributed by atoms with Crippen LogP contribution >= 0.6 is 0 Å². The Morgan fingerprint density at radius 1 is 1.55 bits per heavy atom. The van der Waals surface area contributed by atoms with E-state index in [0.717, 1.165) is 13.1 Å². The molecule has 1 aliphatic rings. The third-order valence-electron chi connectivity index (χ3n) is 4.03. The number of rotatable bonds is 3. The van der Waals surface area contributed by atoms with E-state index < -0.39 is 0 Å². The van der Waals surface area contributed by atoms with E-state index in [1.54, 1.807) is 23.7 Å². The van der Waals surface area contributed by atoms with Crippen LogP contribution in [0.3, 0.4) is 0 Å². The molecule has 1 aliphatic heterocycles. The summed E-state index contributed by atoms with van der Waals surface area (Å²) in [4.78, 5) is 16.4. The predicted molar refractivity (Wildman–Crippen MR) is 74.8 cm³/mol. The number of benzene rings is 1. The number of carbonyl (C=O) groups is 1. The van der Waals surface area contributed by atoms with Gasteiger partial charge < -0.3 is 9.88 Å². The van der Waals surface area contributed by atoms with Crippen LogP contribution < -0.4 is 10.6 Å². The molecule has 0 radical (unpaired) electrons. The second kappa shape index (κ2) is 4.86. The minimum absolute atomic E-state index is 0.0738. The highest BCUT2D eigenvalue weighted by Crippen LogP contribution is 2.22. The van der Waals surface area contributed by atoms with Crippen molar-refractivity contribution in [1.82, 2.24) is 14.9 Å². The molecule has 1 unspecified atom stereocenters. The summed E-state index contributed by atoms with van der Waals surface area (Å²) in [7, 11) is 1.76. The van der Waals surface area contributed by atoms with Crippen LogP contribution in [0.25, 0.3) is 11.0 Å². The Balaban J connectivity index is 1.85. The second-order valence-corrected chi connectivity index (χ2v) is 5.30. The molecule has 6 heteroatoms. The quantitative estimate of drug-likeness (QED) is 0.893. The van der Waals surface area contributed by atoms with E-state index in [9.17, 15) is 9.18 Å². The molecule has 1 atom stereocenters. The van der Waals surface area contributed by atoms with Crippen LogP contribution in [0.4, 0.5) is 10.3 Å². The minimum atomic E-state index is -0.380. The summed E-state index contributed by atoms with van der Waals surface area (Å²) in [6, 6.07) is 4.78. The van der Waals surface area contributed by atoms with Crippen molar-refractivity contribution in [3.05, 3.63) is 24.0 Å². The van der Waals surface area contributed by atoms with Crippen molar-refractivity contribution in [2.24, 2.45) is 18.9 Å². The Labute approximate surface area is 116 Å². The van der Waals surface area contributed by atoms with Crippen LogP contribution in [0.15, 0.2) is 18.2 Å². The van der Waals surface area contributed by atoms with Crippen LogP contribution in [-0.2, 0) is 11.8 Å². The maximum atomic E-state index is 13.7. The summed E-state index contributed by atoms with van der Waals surface area (Å²) in [6.07, 6.45) is 0. The van der Waals surface area contributed by atoms with E-state index in [4.69, 9.17) is 0 Å². The molecule has 2 N–H and O–H groups in total. The third kappa shape index (κ3) is 2.06. The normalized spacial score (nSPS) is 16.9. The van der Waals surface area contributed by atoms with Crippen molar-refractivity contribution in [2.75, 3.05) is 18.4 Å². The van der Waals surface area contributed by atoms with Crippen molar-refractivity contribution < 1.29 is 9.18 Å². The molecule has 1 fully saturated rings. The van der Waals surface area contributed by atoms with Gasteiger partial charge in [-0.1, -0.05) is 13.0 Å². The molecule has 20 heavy (non-hydrogen) atoms. The van der Waals surface area contributed by atoms with Gasteiger partial charge in [0, 0.05) is 13.0 Å². The van der Waals surface area contributed by atoms with Gasteiger partial charge in [-0.2, -0.15) is 0 Å². The van der Waals surface area contributed by atoms with E-state index in [1.807, 2.05) is 6.92 Å². The molecule has 1 aromatic heterocycles. The number of carbonyl (C=O) groups excluding carboxylic acids is 1. The summed E-state index contributed by atoms with van der Waals surface area (Å²) in [5.41, 5.74) is 0.946. The van der Waals surface area contributed by atoms with Crippen LogP contribution in [0.1, 0.15) is 6.92 Å². The van der Waals surface area contributed by atoms with E-state index in [1.165, 1.54) is 6.07 Å². The van der Waals surface area contributed by atoms with E-state index >= 15 is 0 Å². The van der Waals surface area contributed by atoms with Gasteiger partial charge in [-0.25, -0.2) is 9.37 Å². The number of anilines is 1. The number of amides is 1. The molecule has 2 aromatic rings. The van der Waals surface area contributed by atoms with Gasteiger partial charge in [0.15, 0.2) is 5.82 Å². The molecule has 2 heterocycles. The highest BCUT2D eigenvalue weighted by Gasteiger charge is 2.29. The summed E-state index contributed by atoms with van der Waals surface area (Å²) in [5, 5.41) is 5.94. The monoisotopic (exact) mass is 276 g/mol. The first-order valence-corrected chi connectivity index (χ1v) is 6.70. The van der Waals surface area contributed by atoms with Gasteiger partial charge in [0.2, 0.25) is 11.9 Å². The van der Waals surface area contributed by atoms with E-state index in [0.29, 0.717) is 17.4 Å². The Morgan fingerprint density at radius 3 is 2.90 bits per heavy atom. The maximum Gasteiger partial charge on any atom is 0.229 e. The van der Waals surface area contributed by atoms with Crippen molar-refractivity contribution in [3.8, 4) is 0 Å². The van der Waals surface area contributed by atoms with Crippen LogP contribution in [0.2, 0.25) is 0 Å². The first kappa shape index (κ1) is 13.1. The molecule has 0 spiro atoms. The number of halogens is 1. The molecular formula is C14H17FN4O. The Kier molecular flexibility index (Phi) is 3.17. The van der Waals surface area contributed by atoms with Gasteiger partial charge in [-0.15, -0.1) is 0 Å². The predicted octanol–water partition coefficient (Wildman–Crippen LogP) is 1.51. The largest absolute Gasteiger partial charge is 0.316 e. The lowest BCUT2D eigenvalue weighted by Gasteiger charge is -2.31. The van der Waals surface area contributed by atoms with Crippen molar-refractivity contribution in [3.63, 3.8) is 0 Å². The smallest absolute Gasteiger partial charge is 0.229 e. The number of aryl methyl sites for hydroxylation is 1. The lowest BCUT2D eigenvalue weighted by molar-refractivity contribution is -0.121. The molecule has 1 saturated heterocycles. The molecule has 0 bridgehead atoms. The Bertz CT molecular complexity index is 662. The third-order valence-corrected chi connectivity index (χ3v) is 4.03. The molecular weight excluding hydrogens is 259 g/mol. The molecule has 0 aliphatic carbocycles. The number of hydrogen-bond acceptors (Lipinski definition) is 3. The Hall–Kier alpha value is -1.95. The lowest BCUT2D eigenvalue weighted by atomic mass is 9.88. The highest BCUT2D eigenvalue weighted by molar-refractivity contribution is 5.93. The Morgan fingerprint density at radius 2 is 2.30 bits per heavy atom. The van der Waals surface area contributed by atoms with Crippen molar-refractivity contribution >= 4 is 22.9 Å². The van der Waals surface area contributed by atoms with Crippen molar-refractivity contribution in [2.45, 2.75) is 6.92 Å². The molecule has 106 valence electrons. The summed E-state index contributed by atoms with van der Waals surface area (Å²) >= 11 is 0. The minimum Gasteiger partial charge on any atom is -0.316 e. The zero-order chi connectivity index (χ0) is 14.3. The number of nitrogens with one attached hydrogen (secondary N) is 2. The fourth-order valence-corrected chi connectivity index (χ4v) is 2.39. The first-order chi connectivity index (χ1) is 9.58. The van der Waals surface area contributed by atoms with E-state index in [-0.39, 0.29) is 23.2 Å². The average Bonchev–Trinajstić information content (AvgIpc) is 2.66. The lowest BCUT2D eigenvalue weighted by Crippen LogP contribution is -2.48. The number of imidazole rings is 1. The highest BCUT2D eigenvalue weighted by atomic mass is 19.1. The number of nitrogens with zero attached hydrogens (tertiary/aromatic N) is 2. The molecule has 1 amide bonds. The second-order valence-electron chi connectivity index (χ2n) is 5.30. The zero-order valence-corrected chi connectivity index (χ0v) is 11.5.